The largest absolute Gasteiger partial charge is 0.495 e. The lowest BCUT2D eigenvalue weighted by molar-refractivity contribution is -0.143. The zero-order chi connectivity index (χ0) is 24.5. The van der Waals surface area contributed by atoms with E-state index in [0.29, 0.717) is 12.1 Å². The van der Waals surface area contributed by atoms with E-state index in [1.807, 2.05) is 10.0 Å². The van der Waals surface area contributed by atoms with Gasteiger partial charge >= 0.3 is 12.4 Å². The molecule has 0 fully saturated rings. The van der Waals surface area contributed by atoms with Gasteiger partial charge in [-0.3, -0.25) is 4.79 Å². The van der Waals surface area contributed by atoms with Crippen LogP contribution in [0, 0.1) is 0 Å². The van der Waals surface area contributed by atoms with Crippen molar-refractivity contribution < 1.29 is 44.3 Å². The summed E-state index contributed by atoms with van der Waals surface area (Å²) in [6, 6.07) is 2.35. The molecule has 2 aromatic carbocycles. The zero-order valence-electron chi connectivity index (χ0n) is 16.2. The highest BCUT2D eigenvalue weighted by atomic mass is 35.5. The van der Waals surface area contributed by atoms with Gasteiger partial charge in [-0.15, -0.1) is 0 Å². The first-order valence-electron chi connectivity index (χ1n) is 8.51. The highest BCUT2D eigenvalue weighted by Crippen LogP contribution is 2.37. The number of hydrogen-bond acceptors (Lipinski definition) is 4. The Balaban J connectivity index is 2.26. The highest BCUT2D eigenvalue weighted by Gasteiger charge is 2.37. The molecule has 0 bridgehead atoms. The molecule has 6 nitrogen and oxygen atoms in total. The second-order valence-electron chi connectivity index (χ2n) is 6.42. The number of benzene rings is 2. The third-order valence-corrected chi connectivity index (χ3v) is 5.85. The maximum Gasteiger partial charge on any atom is 0.416 e. The van der Waals surface area contributed by atoms with Crippen molar-refractivity contribution in [2.45, 2.75) is 30.2 Å². The van der Waals surface area contributed by atoms with Crippen LogP contribution in [0.2, 0.25) is 5.02 Å². The van der Waals surface area contributed by atoms with E-state index in [2.05, 4.69) is 0 Å². The van der Waals surface area contributed by atoms with Crippen LogP contribution in [0.15, 0.2) is 41.3 Å². The number of carbonyl (C=O) groups excluding carboxylic acids is 1. The predicted octanol–water partition coefficient (Wildman–Crippen LogP) is 4.69. The summed E-state index contributed by atoms with van der Waals surface area (Å²) in [5.41, 5.74) is -4.08. The number of carbonyl (C=O) groups is 1. The van der Waals surface area contributed by atoms with E-state index in [-0.39, 0.29) is 21.7 Å². The maximum atomic E-state index is 12.9. The maximum absolute atomic E-state index is 12.9. The van der Waals surface area contributed by atoms with Crippen molar-refractivity contribution >= 4 is 33.2 Å². The lowest BCUT2D eigenvalue weighted by atomic mass is 10.1. The van der Waals surface area contributed by atoms with Crippen molar-refractivity contribution in [3.63, 3.8) is 0 Å². The number of halogens is 7. The van der Waals surface area contributed by atoms with E-state index in [1.54, 1.807) is 0 Å². The summed E-state index contributed by atoms with van der Waals surface area (Å²) in [4.78, 5) is 11.9. The predicted molar refractivity (Wildman–Crippen MR) is 103 cm³/mol. The zero-order valence-corrected chi connectivity index (χ0v) is 17.8. The Labute approximate surface area is 183 Å². The van der Waals surface area contributed by atoms with Crippen molar-refractivity contribution in [2.24, 2.45) is 0 Å². The molecule has 2 aromatic rings. The van der Waals surface area contributed by atoms with Crippen LogP contribution in [0.3, 0.4) is 0 Å². The van der Waals surface area contributed by atoms with Gasteiger partial charge in [0.2, 0.25) is 15.9 Å². The van der Waals surface area contributed by atoms with Gasteiger partial charge in [-0.1, -0.05) is 11.6 Å². The van der Waals surface area contributed by atoms with Gasteiger partial charge in [-0.05, 0) is 43.3 Å². The molecule has 0 aromatic heterocycles. The van der Waals surface area contributed by atoms with E-state index in [4.69, 9.17) is 16.3 Å². The van der Waals surface area contributed by atoms with Crippen LogP contribution in [0.4, 0.5) is 32.0 Å². The molecule has 0 saturated carbocycles. The average molecular weight is 505 g/mol. The summed E-state index contributed by atoms with van der Waals surface area (Å²) in [6.45, 7) is 1.05. The average Bonchev–Trinajstić information content (AvgIpc) is 2.65. The lowest BCUT2D eigenvalue weighted by Crippen LogP contribution is -2.41. The SMILES string of the molecule is COc1ccc(S(=O)(=O)NC(C)C(=O)Nc2cc(C(F)(F)F)cc(C(F)(F)F)c2)cc1Cl. The Bertz CT molecular complexity index is 1090. The van der Waals surface area contributed by atoms with Crippen molar-refractivity contribution in [1.82, 2.24) is 4.72 Å². The van der Waals surface area contributed by atoms with Gasteiger partial charge in [0.05, 0.1) is 34.2 Å². The van der Waals surface area contributed by atoms with Crippen molar-refractivity contribution in [3.8, 4) is 5.75 Å². The Morgan fingerprint density at radius 1 is 1.00 bits per heavy atom. The molecule has 2 rings (SSSR count). The smallest absolute Gasteiger partial charge is 0.416 e. The van der Waals surface area contributed by atoms with E-state index in [9.17, 15) is 39.6 Å². The molecule has 32 heavy (non-hydrogen) atoms. The second kappa shape index (κ2) is 9.16. The molecular formula is C18H15ClF6N2O4S. The van der Waals surface area contributed by atoms with Crippen LogP contribution < -0.4 is 14.8 Å². The number of rotatable bonds is 6. The number of amides is 1. The van der Waals surface area contributed by atoms with Crippen molar-refractivity contribution in [2.75, 3.05) is 12.4 Å². The molecule has 0 radical (unpaired) electrons. The number of methoxy groups -OCH3 is 1. The van der Waals surface area contributed by atoms with Gasteiger partial charge in [-0.25, -0.2) is 8.42 Å². The first-order valence-corrected chi connectivity index (χ1v) is 10.4. The number of sulfonamides is 1. The van der Waals surface area contributed by atoms with Crippen LogP contribution in [0.1, 0.15) is 18.1 Å². The molecule has 0 saturated heterocycles. The molecule has 1 unspecified atom stereocenters. The molecule has 0 aliphatic carbocycles. The first kappa shape index (κ1) is 25.7. The molecule has 0 aliphatic rings. The monoisotopic (exact) mass is 504 g/mol. The summed E-state index contributed by atoms with van der Waals surface area (Å²) in [6.07, 6.45) is -10.2. The topological polar surface area (TPSA) is 84.5 Å². The van der Waals surface area contributed by atoms with Gasteiger partial charge in [0.15, 0.2) is 0 Å². The van der Waals surface area contributed by atoms with Gasteiger partial charge in [0, 0.05) is 5.69 Å². The molecule has 0 spiro atoms. The number of hydrogen-bond donors (Lipinski definition) is 2. The van der Waals surface area contributed by atoms with Crippen molar-refractivity contribution in [1.29, 1.82) is 0 Å². The first-order chi connectivity index (χ1) is 14.5. The number of ether oxygens (including phenoxy) is 1. The fraction of sp³-hybridized carbons (Fsp3) is 0.278. The molecule has 0 heterocycles. The van der Waals surface area contributed by atoms with Gasteiger partial charge in [-0.2, -0.15) is 31.1 Å². The fourth-order valence-electron chi connectivity index (χ4n) is 2.45. The summed E-state index contributed by atoms with van der Waals surface area (Å²) >= 11 is 5.86. The van der Waals surface area contributed by atoms with Crippen molar-refractivity contribution in [3.05, 3.63) is 52.5 Å². The van der Waals surface area contributed by atoms with Crippen LogP contribution in [-0.4, -0.2) is 27.5 Å². The third kappa shape index (κ3) is 6.26. The van der Waals surface area contributed by atoms with Crippen LogP contribution in [-0.2, 0) is 27.2 Å². The quantitative estimate of drug-likeness (QED) is 0.559. The van der Waals surface area contributed by atoms with Crippen LogP contribution in [0.5, 0.6) is 5.75 Å². The molecular weight excluding hydrogens is 490 g/mol. The Morgan fingerprint density at radius 2 is 1.53 bits per heavy atom. The number of nitrogens with one attached hydrogen (secondary N) is 2. The minimum atomic E-state index is -5.11. The van der Waals surface area contributed by atoms with Gasteiger partial charge in [0.1, 0.15) is 5.75 Å². The second-order valence-corrected chi connectivity index (χ2v) is 8.54. The number of anilines is 1. The van der Waals surface area contributed by atoms with E-state index < -0.39 is 51.1 Å². The van der Waals surface area contributed by atoms with E-state index in [1.165, 1.54) is 13.2 Å². The lowest BCUT2D eigenvalue weighted by Gasteiger charge is -2.17. The Hall–Kier alpha value is -2.51. The normalized spacial score (nSPS) is 13.5. The Kier molecular flexibility index (Phi) is 7.37. The summed E-state index contributed by atoms with van der Waals surface area (Å²) in [5.74, 6) is -1.01. The minimum absolute atomic E-state index is 0.0453. The van der Waals surface area contributed by atoms with Crippen LogP contribution >= 0.6 is 11.6 Å². The molecule has 1 atom stereocenters. The van der Waals surface area contributed by atoms with Crippen LogP contribution in [0.25, 0.3) is 0 Å². The van der Waals surface area contributed by atoms with E-state index >= 15 is 0 Å². The molecule has 0 aliphatic heterocycles. The molecule has 14 heteroatoms. The third-order valence-electron chi connectivity index (χ3n) is 4.01. The summed E-state index contributed by atoms with van der Waals surface area (Å²) < 4.78 is 109. The van der Waals surface area contributed by atoms with E-state index in [0.717, 1.165) is 19.1 Å². The number of alkyl halides is 6. The summed E-state index contributed by atoms with van der Waals surface area (Å²) in [5, 5.41) is 1.81. The van der Waals surface area contributed by atoms with Gasteiger partial charge in [0.25, 0.3) is 0 Å². The molecule has 176 valence electrons. The highest BCUT2D eigenvalue weighted by molar-refractivity contribution is 7.89. The molecule has 1 amide bonds. The summed E-state index contributed by atoms with van der Waals surface area (Å²) in [7, 11) is -3.01. The van der Waals surface area contributed by atoms with Gasteiger partial charge < -0.3 is 10.1 Å². The Morgan fingerprint density at radius 3 is 1.97 bits per heavy atom. The fourth-order valence-corrected chi connectivity index (χ4v) is 4.00. The minimum Gasteiger partial charge on any atom is -0.495 e. The molecule has 2 N–H and O–H groups in total. The standard InChI is InChI=1S/C18H15ClF6N2O4S/c1-9(27-32(29,30)13-3-4-15(31-2)14(19)8-13)16(28)26-12-6-10(17(20,21)22)5-11(7-12)18(23,24)25/h3-9,27H,1-2H3,(H,26,28).